The van der Waals surface area contributed by atoms with Crippen molar-refractivity contribution >= 4 is 11.9 Å². The van der Waals surface area contributed by atoms with Crippen LogP contribution < -0.4 is 5.56 Å². The van der Waals surface area contributed by atoms with Gasteiger partial charge in [-0.3, -0.25) is 14.4 Å². The highest BCUT2D eigenvalue weighted by Crippen LogP contribution is 2.49. The summed E-state index contributed by atoms with van der Waals surface area (Å²) < 4.78 is 5.02. The second-order valence-electron chi connectivity index (χ2n) is 7.78. The van der Waals surface area contributed by atoms with Crippen molar-refractivity contribution in [1.82, 2.24) is 9.88 Å². The molecule has 2 heterocycles. The van der Waals surface area contributed by atoms with Crippen LogP contribution in [-0.4, -0.2) is 42.0 Å². The Balaban J connectivity index is 1.84. The highest BCUT2D eigenvalue weighted by molar-refractivity contribution is 5.95. The highest BCUT2D eigenvalue weighted by Gasteiger charge is 2.56. The number of carbonyl (C=O) groups excluding carboxylic acids is 2. The fraction of sp³-hybridized carbons (Fsp3) is 0.632. The molecule has 0 radical (unpaired) electrons. The first-order valence-electron chi connectivity index (χ1n) is 8.96. The number of esters is 1. The Morgan fingerprint density at radius 1 is 1.40 bits per heavy atom. The van der Waals surface area contributed by atoms with Crippen LogP contribution in [-0.2, 0) is 16.0 Å². The minimum atomic E-state index is -0.563. The van der Waals surface area contributed by atoms with E-state index in [1.54, 1.807) is 11.0 Å². The maximum atomic E-state index is 12.9. The summed E-state index contributed by atoms with van der Waals surface area (Å²) in [6.07, 6.45) is 3.41. The third-order valence-electron chi connectivity index (χ3n) is 5.53. The molecule has 1 aliphatic carbocycles. The van der Waals surface area contributed by atoms with Gasteiger partial charge in [-0.15, -0.1) is 0 Å². The van der Waals surface area contributed by atoms with Gasteiger partial charge < -0.3 is 14.6 Å². The van der Waals surface area contributed by atoms with Crippen molar-refractivity contribution in [2.45, 2.75) is 39.5 Å². The zero-order chi connectivity index (χ0) is 18.2. The summed E-state index contributed by atoms with van der Waals surface area (Å²) in [6, 6.07) is 3.12. The number of nitrogens with zero attached hydrogens (tertiary/aromatic N) is 1. The summed E-state index contributed by atoms with van der Waals surface area (Å²) in [5.41, 5.74) is 0.350. The molecule has 6 heteroatoms. The molecule has 2 fully saturated rings. The number of nitrogens with one attached hydrogen (secondary N) is 1. The lowest BCUT2D eigenvalue weighted by atomic mass is 9.81. The number of pyridine rings is 1. The van der Waals surface area contributed by atoms with Gasteiger partial charge in [-0.1, -0.05) is 20.3 Å². The zero-order valence-electron chi connectivity index (χ0n) is 15.1. The van der Waals surface area contributed by atoms with E-state index in [9.17, 15) is 14.4 Å². The molecular weight excluding hydrogens is 320 g/mol. The number of methoxy groups -OCH3 is 1. The Labute approximate surface area is 147 Å². The predicted octanol–water partition coefficient (Wildman–Crippen LogP) is 1.99. The van der Waals surface area contributed by atoms with Crippen molar-refractivity contribution in [2.24, 2.45) is 17.3 Å². The Morgan fingerprint density at radius 2 is 2.16 bits per heavy atom. The number of rotatable bonds is 4. The van der Waals surface area contributed by atoms with Crippen LogP contribution in [0.4, 0.5) is 0 Å². The SMILES string of the molecule is COC(=O)[C@@]12CCC[C@H]1CN(C(=O)c1cc(CC(C)C)[nH]c(=O)c1)C2. The minimum Gasteiger partial charge on any atom is -0.469 e. The standard InChI is InChI=1S/C19H26N2O4/c1-12(2)7-15-8-13(9-16(22)20-15)17(23)21-10-14-5-4-6-19(14,11-21)18(24)25-3/h8-9,12,14H,4-7,10-11H2,1-3H3,(H,20,22)/t14-,19+/m0/s1. The van der Waals surface area contributed by atoms with Crippen LogP contribution in [0, 0.1) is 17.3 Å². The van der Waals surface area contributed by atoms with E-state index in [0.29, 0.717) is 31.0 Å². The van der Waals surface area contributed by atoms with Crippen molar-refractivity contribution in [2.75, 3.05) is 20.2 Å². The normalized spacial score (nSPS) is 25.3. The van der Waals surface area contributed by atoms with E-state index < -0.39 is 5.41 Å². The fourth-order valence-corrected chi connectivity index (χ4v) is 4.44. The molecule has 1 saturated heterocycles. The lowest BCUT2D eigenvalue weighted by molar-refractivity contribution is -0.153. The van der Waals surface area contributed by atoms with Crippen LogP contribution in [0.25, 0.3) is 0 Å². The highest BCUT2D eigenvalue weighted by atomic mass is 16.5. The summed E-state index contributed by atoms with van der Waals surface area (Å²) >= 11 is 0. The summed E-state index contributed by atoms with van der Waals surface area (Å²) in [4.78, 5) is 41.7. The molecule has 25 heavy (non-hydrogen) atoms. The number of aromatic amines is 1. The van der Waals surface area contributed by atoms with Gasteiger partial charge in [-0.05, 0) is 37.2 Å². The Kier molecular flexibility index (Phi) is 4.71. The van der Waals surface area contributed by atoms with Gasteiger partial charge in [0.1, 0.15) is 0 Å². The van der Waals surface area contributed by atoms with Crippen molar-refractivity contribution in [3.63, 3.8) is 0 Å². The van der Waals surface area contributed by atoms with E-state index in [0.717, 1.165) is 25.0 Å². The molecule has 1 aromatic rings. The molecule has 1 aliphatic heterocycles. The monoisotopic (exact) mass is 346 g/mol. The largest absolute Gasteiger partial charge is 0.469 e. The number of aromatic nitrogens is 1. The van der Waals surface area contributed by atoms with Gasteiger partial charge in [-0.25, -0.2) is 0 Å². The lowest BCUT2D eigenvalue weighted by Gasteiger charge is -2.25. The summed E-state index contributed by atoms with van der Waals surface area (Å²) in [7, 11) is 1.41. The number of hydrogen-bond donors (Lipinski definition) is 1. The van der Waals surface area contributed by atoms with Gasteiger partial charge in [-0.2, -0.15) is 0 Å². The molecule has 2 aliphatic rings. The number of hydrogen-bond acceptors (Lipinski definition) is 4. The Hall–Kier alpha value is -2.11. The van der Waals surface area contributed by atoms with Crippen LogP contribution in [0.15, 0.2) is 16.9 Å². The average molecular weight is 346 g/mol. The molecule has 3 rings (SSSR count). The van der Waals surface area contributed by atoms with E-state index in [2.05, 4.69) is 18.8 Å². The van der Waals surface area contributed by atoms with E-state index in [4.69, 9.17) is 4.74 Å². The second-order valence-corrected chi connectivity index (χ2v) is 7.78. The van der Waals surface area contributed by atoms with E-state index in [1.165, 1.54) is 13.2 Å². The molecule has 0 unspecified atom stereocenters. The minimum absolute atomic E-state index is 0.154. The van der Waals surface area contributed by atoms with Crippen molar-refractivity contribution in [3.8, 4) is 0 Å². The van der Waals surface area contributed by atoms with Gasteiger partial charge in [0.2, 0.25) is 5.56 Å². The summed E-state index contributed by atoms with van der Waals surface area (Å²) in [6.45, 7) is 5.07. The summed E-state index contributed by atoms with van der Waals surface area (Å²) in [5, 5.41) is 0. The van der Waals surface area contributed by atoms with E-state index in [-0.39, 0.29) is 23.4 Å². The molecule has 1 N–H and O–H groups in total. The average Bonchev–Trinajstić information content (AvgIpc) is 3.10. The van der Waals surface area contributed by atoms with Gasteiger partial charge >= 0.3 is 5.97 Å². The van der Waals surface area contributed by atoms with Crippen LogP contribution in [0.3, 0.4) is 0 Å². The number of fused-ring (bicyclic) bond motifs is 1. The molecule has 0 aromatic carbocycles. The van der Waals surface area contributed by atoms with Gasteiger partial charge in [0.15, 0.2) is 0 Å². The smallest absolute Gasteiger partial charge is 0.313 e. The Morgan fingerprint density at radius 3 is 2.84 bits per heavy atom. The molecule has 136 valence electrons. The molecule has 2 atom stereocenters. The third-order valence-corrected chi connectivity index (χ3v) is 5.53. The van der Waals surface area contributed by atoms with Crippen molar-refractivity contribution < 1.29 is 14.3 Å². The molecule has 0 bridgehead atoms. The number of likely N-dealkylation sites (tertiary alicyclic amines) is 1. The summed E-state index contributed by atoms with van der Waals surface area (Å²) in [5.74, 6) is 0.154. The molecule has 1 saturated carbocycles. The van der Waals surface area contributed by atoms with Crippen LogP contribution in [0.5, 0.6) is 0 Å². The lowest BCUT2D eigenvalue weighted by Crippen LogP contribution is -2.38. The first-order chi connectivity index (χ1) is 11.9. The quantitative estimate of drug-likeness (QED) is 0.846. The number of carbonyl (C=O) groups is 2. The molecule has 0 spiro atoms. The molecule has 1 amide bonds. The Bertz CT molecular complexity index is 739. The fourth-order valence-electron chi connectivity index (χ4n) is 4.44. The van der Waals surface area contributed by atoms with Crippen LogP contribution in [0.2, 0.25) is 0 Å². The first kappa shape index (κ1) is 17.7. The van der Waals surface area contributed by atoms with Crippen LogP contribution in [0.1, 0.15) is 49.2 Å². The van der Waals surface area contributed by atoms with Crippen molar-refractivity contribution in [1.29, 1.82) is 0 Å². The maximum Gasteiger partial charge on any atom is 0.313 e. The topological polar surface area (TPSA) is 79.5 Å². The molecule has 6 nitrogen and oxygen atoms in total. The third kappa shape index (κ3) is 3.22. The number of ether oxygens (including phenoxy) is 1. The van der Waals surface area contributed by atoms with E-state index in [1.807, 2.05) is 0 Å². The van der Waals surface area contributed by atoms with Gasteiger partial charge in [0.25, 0.3) is 5.91 Å². The maximum absolute atomic E-state index is 12.9. The van der Waals surface area contributed by atoms with Crippen molar-refractivity contribution in [3.05, 3.63) is 33.7 Å². The molecule has 1 aromatic heterocycles. The van der Waals surface area contributed by atoms with E-state index >= 15 is 0 Å². The zero-order valence-corrected chi connectivity index (χ0v) is 15.1. The second kappa shape index (κ2) is 6.65. The van der Waals surface area contributed by atoms with Gasteiger partial charge in [0.05, 0.1) is 12.5 Å². The van der Waals surface area contributed by atoms with Gasteiger partial charge in [0, 0.05) is 30.4 Å². The molecular formula is C19H26N2O4. The first-order valence-corrected chi connectivity index (χ1v) is 8.96. The van der Waals surface area contributed by atoms with Crippen LogP contribution >= 0.6 is 0 Å². The number of amides is 1. The number of H-pyrrole nitrogens is 1. The predicted molar refractivity (Wildman–Crippen MR) is 93.3 cm³/mol.